The highest BCUT2D eigenvalue weighted by molar-refractivity contribution is 5.77. The van der Waals surface area contributed by atoms with Crippen molar-refractivity contribution < 1.29 is 19.4 Å². The van der Waals surface area contributed by atoms with Crippen LogP contribution in [0.1, 0.15) is 21.3 Å². The first kappa shape index (κ1) is 16.6. The zero-order valence-corrected chi connectivity index (χ0v) is 8.77. The predicted molar refractivity (Wildman–Crippen MR) is 62.7 cm³/mol. The minimum atomic E-state index is -0.833. The van der Waals surface area contributed by atoms with Gasteiger partial charge in [-0.2, -0.15) is 0 Å². The largest absolute Gasteiger partial charge is 0.486 e. The number of para-hydroxylation sites is 1. The van der Waals surface area contributed by atoms with E-state index in [1.807, 2.05) is 30.3 Å². The van der Waals surface area contributed by atoms with E-state index in [1.165, 1.54) is 6.92 Å². The van der Waals surface area contributed by atoms with Crippen molar-refractivity contribution in [2.75, 3.05) is 6.61 Å². The van der Waals surface area contributed by atoms with Crippen LogP contribution >= 0.6 is 0 Å². The molecule has 0 unspecified atom stereocenters. The molecule has 0 aliphatic carbocycles. The Hall–Kier alpha value is -1.84. The highest BCUT2D eigenvalue weighted by Crippen LogP contribution is 2.07. The van der Waals surface area contributed by atoms with E-state index in [0.29, 0.717) is 0 Å². The molecule has 0 aliphatic heterocycles. The zero-order chi connectivity index (χ0) is 11.7. The first-order valence-corrected chi connectivity index (χ1v) is 4.39. The van der Waals surface area contributed by atoms with Crippen LogP contribution in [0.15, 0.2) is 30.3 Å². The molecule has 0 aliphatic rings. The van der Waals surface area contributed by atoms with E-state index < -0.39 is 5.97 Å². The Morgan fingerprint density at radius 1 is 1.19 bits per heavy atom. The highest BCUT2D eigenvalue weighted by Gasteiger charge is 1.93. The van der Waals surface area contributed by atoms with Crippen LogP contribution < -0.4 is 4.74 Å². The summed E-state index contributed by atoms with van der Waals surface area (Å²) in [4.78, 5) is 19.5. The third-order valence-corrected chi connectivity index (χ3v) is 1.19. The minimum Gasteiger partial charge on any atom is -0.486 e. The lowest BCUT2D eigenvalue weighted by atomic mass is 10.3. The van der Waals surface area contributed by atoms with E-state index in [4.69, 9.17) is 14.6 Å². The molecule has 0 saturated carbocycles. The van der Waals surface area contributed by atoms with E-state index >= 15 is 0 Å². The number of Topliss-reactive ketones (excluding diaryl/α,β-unsaturated/α-hetero) is 1. The van der Waals surface area contributed by atoms with Gasteiger partial charge >= 0.3 is 0 Å². The van der Waals surface area contributed by atoms with Gasteiger partial charge in [-0.15, -0.1) is 0 Å². The molecule has 4 heteroatoms. The van der Waals surface area contributed by atoms with Gasteiger partial charge in [0.25, 0.3) is 5.97 Å². The first-order valence-electron chi connectivity index (χ1n) is 4.39. The maximum absolute atomic E-state index is 10.5. The van der Waals surface area contributed by atoms with Crippen molar-refractivity contribution in [3.8, 4) is 5.75 Å². The second kappa shape index (κ2) is 9.71. The summed E-state index contributed by atoms with van der Waals surface area (Å²) in [6, 6.07) is 9.29. The number of benzene rings is 1. The second-order valence-corrected chi connectivity index (χ2v) is 2.82. The Labute approximate surface area is 95.9 Å². The number of carbonyl (C=O) groups is 2. The quantitative estimate of drug-likeness (QED) is 0.859. The Morgan fingerprint density at radius 3 is 2.00 bits per heavy atom. The average Bonchev–Trinajstić information content (AvgIpc) is 2.15. The summed E-state index contributed by atoms with van der Waals surface area (Å²) in [6.07, 6.45) is 0. The monoisotopic (exact) mass is 226 g/mol. The van der Waals surface area contributed by atoms with Crippen molar-refractivity contribution in [2.45, 2.75) is 21.3 Å². The molecule has 0 aromatic heterocycles. The van der Waals surface area contributed by atoms with Gasteiger partial charge in [-0.05, 0) is 19.1 Å². The van der Waals surface area contributed by atoms with Crippen molar-refractivity contribution in [3.05, 3.63) is 30.3 Å². The van der Waals surface area contributed by atoms with Gasteiger partial charge < -0.3 is 9.84 Å². The molecule has 0 atom stereocenters. The molecule has 4 nitrogen and oxygen atoms in total. The number of rotatable bonds is 3. The molecule has 0 saturated heterocycles. The van der Waals surface area contributed by atoms with Gasteiger partial charge in [0, 0.05) is 6.92 Å². The van der Waals surface area contributed by atoms with Gasteiger partial charge in [0.15, 0.2) is 5.78 Å². The molecular formula is C12H18O4. The lowest BCUT2D eigenvalue weighted by molar-refractivity contribution is -0.134. The fourth-order valence-corrected chi connectivity index (χ4v) is 0.702. The zero-order valence-electron chi connectivity index (χ0n) is 8.77. The van der Waals surface area contributed by atoms with Crippen LogP contribution in [0, 0.1) is 0 Å². The Kier molecular flexibility index (Phi) is 10.1. The third-order valence-electron chi connectivity index (χ3n) is 1.19. The maximum atomic E-state index is 10.5. The summed E-state index contributed by atoms with van der Waals surface area (Å²) in [6.45, 7) is 2.74. The number of carboxylic acids is 1. The first-order chi connectivity index (χ1) is 7.02. The number of aliphatic carboxylic acids is 1. The molecule has 0 radical (unpaired) electrons. The van der Waals surface area contributed by atoms with Crippen molar-refractivity contribution in [3.63, 3.8) is 0 Å². The van der Waals surface area contributed by atoms with Crippen LogP contribution in [-0.4, -0.2) is 23.5 Å². The number of carboxylic acid groups (broad SMARTS) is 1. The third kappa shape index (κ3) is 12.2. The molecule has 1 aromatic rings. The van der Waals surface area contributed by atoms with E-state index in [9.17, 15) is 4.79 Å². The SMILES string of the molecule is C.CC(=O)COc1ccccc1.CC(=O)O. The number of carbonyl (C=O) groups excluding carboxylic acids is 1. The number of ketones is 1. The predicted octanol–water partition coefficient (Wildman–Crippen LogP) is 2.38. The molecule has 0 spiro atoms. The standard InChI is InChI=1S/C9H10O2.C2H4O2.CH4/c1-8(10)7-11-9-5-3-2-4-6-9;1-2(3)4;/h2-6H,7H2,1H3;1H3,(H,3,4);1H4. The van der Waals surface area contributed by atoms with Gasteiger partial charge in [0.1, 0.15) is 12.4 Å². The summed E-state index contributed by atoms with van der Waals surface area (Å²) in [5.74, 6) is -0.0587. The molecule has 90 valence electrons. The van der Waals surface area contributed by atoms with Crippen LogP contribution in [0.5, 0.6) is 5.75 Å². The van der Waals surface area contributed by atoms with Gasteiger partial charge in [-0.25, -0.2) is 0 Å². The van der Waals surface area contributed by atoms with Crippen molar-refractivity contribution in [1.29, 1.82) is 0 Å². The summed E-state index contributed by atoms with van der Waals surface area (Å²) >= 11 is 0. The molecule has 1 aromatic carbocycles. The van der Waals surface area contributed by atoms with E-state index in [-0.39, 0.29) is 19.8 Å². The molecule has 0 amide bonds. The second-order valence-electron chi connectivity index (χ2n) is 2.82. The van der Waals surface area contributed by atoms with Gasteiger partial charge in [-0.3, -0.25) is 9.59 Å². The normalized spacial score (nSPS) is 7.88. The molecule has 16 heavy (non-hydrogen) atoms. The van der Waals surface area contributed by atoms with E-state index in [1.54, 1.807) is 0 Å². The number of hydrogen-bond acceptors (Lipinski definition) is 3. The molecular weight excluding hydrogens is 208 g/mol. The topological polar surface area (TPSA) is 63.6 Å². The maximum Gasteiger partial charge on any atom is 0.300 e. The average molecular weight is 226 g/mol. The fraction of sp³-hybridized carbons (Fsp3) is 0.333. The van der Waals surface area contributed by atoms with E-state index in [2.05, 4.69) is 0 Å². The van der Waals surface area contributed by atoms with Crippen LogP contribution in [-0.2, 0) is 9.59 Å². The Balaban J connectivity index is 0. The molecule has 0 bridgehead atoms. The Morgan fingerprint density at radius 2 is 1.62 bits per heavy atom. The lowest BCUT2D eigenvalue weighted by Gasteiger charge is -2.01. The number of ether oxygens (including phenoxy) is 1. The summed E-state index contributed by atoms with van der Waals surface area (Å²) in [5.41, 5.74) is 0. The van der Waals surface area contributed by atoms with Gasteiger partial charge in [0.05, 0.1) is 0 Å². The highest BCUT2D eigenvalue weighted by atomic mass is 16.5. The molecule has 1 N–H and O–H groups in total. The summed E-state index contributed by atoms with van der Waals surface area (Å²) < 4.78 is 5.12. The summed E-state index contributed by atoms with van der Waals surface area (Å²) in [5, 5.41) is 7.42. The molecule has 0 fully saturated rings. The molecule has 1 rings (SSSR count). The van der Waals surface area contributed by atoms with Crippen LogP contribution in [0.3, 0.4) is 0 Å². The van der Waals surface area contributed by atoms with Gasteiger partial charge in [-0.1, -0.05) is 25.6 Å². The summed E-state index contributed by atoms with van der Waals surface area (Å²) in [7, 11) is 0. The van der Waals surface area contributed by atoms with Crippen molar-refractivity contribution in [1.82, 2.24) is 0 Å². The van der Waals surface area contributed by atoms with Crippen molar-refractivity contribution in [2.24, 2.45) is 0 Å². The van der Waals surface area contributed by atoms with E-state index in [0.717, 1.165) is 12.7 Å². The number of hydrogen-bond donors (Lipinski definition) is 1. The minimum absolute atomic E-state index is 0. The molecule has 0 heterocycles. The Bertz CT molecular complexity index is 302. The van der Waals surface area contributed by atoms with Crippen LogP contribution in [0.4, 0.5) is 0 Å². The lowest BCUT2D eigenvalue weighted by Crippen LogP contribution is -2.06. The van der Waals surface area contributed by atoms with Crippen molar-refractivity contribution >= 4 is 11.8 Å². The van der Waals surface area contributed by atoms with Crippen LogP contribution in [0.2, 0.25) is 0 Å². The van der Waals surface area contributed by atoms with Gasteiger partial charge in [0.2, 0.25) is 0 Å². The van der Waals surface area contributed by atoms with Crippen LogP contribution in [0.25, 0.3) is 0 Å². The fourth-order valence-electron chi connectivity index (χ4n) is 0.702. The smallest absolute Gasteiger partial charge is 0.300 e.